The van der Waals surface area contributed by atoms with Crippen LogP contribution in [-0.2, 0) is 16.4 Å². The van der Waals surface area contributed by atoms with Crippen molar-refractivity contribution < 1.29 is 13.2 Å². The van der Waals surface area contributed by atoms with Crippen LogP contribution in [0.1, 0.15) is 41.6 Å². The Bertz CT molecular complexity index is 811. The minimum atomic E-state index is -3.27. The van der Waals surface area contributed by atoms with Gasteiger partial charge in [-0.2, -0.15) is 0 Å². The number of benzene rings is 1. The highest BCUT2D eigenvalue weighted by Gasteiger charge is 2.38. The molecule has 3 heterocycles. The van der Waals surface area contributed by atoms with Crippen molar-refractivity contribution in [2.45, 2.75) is 32.1 Å². The van der Waals surface area contributed by atoms with Gasteiger partial charge in [0.2, 0.25) is 10.0 Å². The molecule has 1 spiro atoms. The van der Waals surface area contributed by atoms with E-state index in [-0.39, 0.29) is 18.3 Å². The third-order valence-corrected chi connectivity index (χ3v) is 7.43. The van der Waals surface area contributed by atoms with Gasteiger partial charge in [0.25, 0.3) is 5.91 Å². The Morgan fingerprint density at radius 2 is 1.89 bits per heavy atom. The molecule has 1 N–H and O–H groups in total. The van der Waals surface area contributed by atoms with E-state index in [1.54, 1.807) is 12.1 Å². The first kappa shape index (κ1) is 20.4. The summed E-state index contributed by atoms with van der Waals surface area (Å²) >= 11 is 0. The van der Waals surface area contributed by atoms with Crippen LogP contribution in [0.3, 0.4) is 0 Å². The lowest BCUT2D eigenvalue weighted by Crippen LogP contribution is -2.44. The average molecular weight is 414 g/mol. The predicted octanol–water partition coefficient (Wildman–Crippen LogP) is 2.04. The van der Waals surface area contributed by atoms with Crippen LogP contribution < -0.4 is 9.62 Å². The van der Waals surface area contributed by atoms with Crippen molar-refractivity contribution in [3.8, 4) is 0 Å². The number of piperidine rings is 1. The van der Waals surface area contributed by atoms with Gasteiger partial charge in [0.05, 0.1) is 11.9 Å². The van der Waals surface area contributed by atoms with E-state index >= 15 is 0 Å². The summed E-state index contributed by atoms with van der Waals surface area (Å²) in [6.45, 7) is 4.31. The second-order valence-corrected chi connectivity index (χ2v) is 9.91. The highest BCUT2D eigenvalue weighted by atomic mass is 35.5. The summed E-state index contributed by atoms with van der Waals surface area (Å²) in [5, 5.41) is 3.45. The van der Waals surface area contributed by atoms with E-state index in [9.17, 15) is 13.2 Å². The van der Waals surface area contributed by atoms with Gasteiger partial charge in [-0.3, -0.25) is 9.10 Å². The fourth-order valence-electron chi connectivity index (χ4n) is 4.63. The second kappa shape index (κ2) is 7.60. The molecule has 1 aromatic rings. The number of aryl methyl sites for hydroxylation is 1. The number of sulfonamides is 1. The molecule has 150 valence electrons. The predicted molar refractivity (Wildman–Crippen MR) is 109 cm³/mol. The number of hydrogen-bond donors (Lipinski definition) is 1. The van der Waals surface area contributed by atoms with Gasteiger partial charge in [0.15, 0.2) is 0 Å². The Hall–Kier alpha value is -1.31. The van der Waals surface area contributed by atoms with Gasteiger partial charge in [-0.25, -0.2) is 8.42 Å². The summed E-state index contributed by atoms with van der Waals surface area (Å²) in [6, 6.07) is 5.48. The van der Waals surface area contributed by atoms with Crippen LogP contribution in [0, 0.1) is 5.41 Å². The number of hydrogen-bond acceptors (Lipinski definition) is 4. The SMILES string of the molecule is CS(=O)(=O)N1CCCc2cc(C(=O)N3CCC4(CCNC4)CC3)ccc21.Cl. The van der Waals surface area contributed by atoms with E-state index in [0.717, 1.165) is 63.1 Å². The van der Waals surface area contributed by atoms with Gasteiger partial charge in [-0.05, 0) is 67.8 Å². The number of nitrogens with zero attached hydrogens (tertiary/aromatic N) is 2. The third kappa shape index (κ3) is 3.96. The maximum Gasteiger partial charge on any atom is 0.253 e. The normalized spacial score (nSPS) is 21.7. The number of likely N-dealkylation sites (tertiary alicyclic amines) is 1. The van der Waals surface area contributed by atoms with Gasteiger partial charge < -0.3 is 10.2 Å². The van der Waals surface area contributed by atoms with E-state index in [0.29, 0.717) is 17.5 Å². The lowest BCUT2D eigenvalue weighted by atomic mass is 9.78. The zero-order valence-corrected chi connectivity index (χ0v) is 17.4. The number of halogens is 1. The number of nitrogens with one attached hydrogen (secondary N) is 1. The molecule has 0 aromatic heterocycles. The summed E-state index contributed by atoms with van der Waals surface area (Å²) in [4.78, 5) is 14.9. The number of carbonyl (C=O) groups is 1. The van der Waals surface area contributed by atoms with Crippen molar-refractivity contribution in [2.24, 2.45) is 5.41 Å². The van der Waals surface area contributed by atoms with Crippen LogP contribution in [0.15, 0.2) is 18.2 Å². The highest BCUT2D eigenvalue weighted by Crippen LogP contribution is 2.37. The number of carbonyl (C=O) groups excluding carboxylic acids is 1. The smallest absolute Gasteiger partial charge is 0.253 e. The standard InChI is InChI=1S/C19H27N3O3S.ClH/c1-26(24,25)22-10-2-3-15-13-16(4-5-17(15)22)18(23)21-11-7-19(8-12-21)6-9-20-14-19;/h4-5,13,20H,2-3,6-12,14H2,1H3;1H. The Labute approximate surface area is 167 Å². The van der Waals surface area contributed by atoms with Gasteiger partial charge in [-0.15, -0.1) is 12.4 Å². The van der Waals surface area contributed by atoms with Crippen molar-refractivity contribution in [1.82, 2.24) is 10.2 Å². The van der Waals surface area contributed by atoms with Crippen LogP contribution >= 0.6 is 12.4 Å². The molecule has 8 heteroatoms. The van der Waals surface area contributed by atoms with E-state index in [4.69, 9.17) is 0 Å². The first-order chi connectivity index (χ1) is 12.4. The number of amides is 1. The molecule has 0 saturated carbocycles. The van der Waals surface area contributed by atoms with Crippen molar-refractivity contribution in [3.63, 3.8) is 0 Å². The van der Waals surface area contributed by atoms with Crippen molar-refractivity contribution in [3.05, 3.63) is 29.3 Å². The Balaban J connectivity index is 0.00000210. The maximum absolute atomic E-state index is 12.9. The molecule has 2 fully saturated rings. The molecule has 1 amide bonds. The number of anilines is 1. The maximum atomic E-state index is 12.9. The molecule has 6 nitrogen and oxygen atoms in total. The van der Waals surface area contributed by atoms with E-state index in [2.05, 4.69) is 5.32 Å². The summed E-state index contributed by atoms with van der Waals surface area (Å²) in [5.74, 6) is 0.0742. The van der Waals surface area contributed by atoms with Crippen molar-refractivity contribution >= 4 is 34.0 Å². The third-order valence-electron chi connectivity index (χ3n) is 6.25. The molecule has 2 saturated heterocycles. The summed E-state index contributed by atoms with van der Waals surface area (Å²) in [7, 11) is -3.27. The largest absolute Gasteiger partial charge is 0.339 e. The van der Waals surface area contributed by atoms with E-state index < -0.39 is 10.0 Å². The molecule has 0 radical (unpaired) electrons. The van der Waals surface area contributed by atoms with Crippen molar-refractivity contribution in [2.75, 3.05) is 43.3 Å². The topological polar surface area (TPSA) is 69.7 Å². The quantitative estimate of drug-likeness (QED) is 0.805. The molecular formula is C19H28ClN3O3S. The highest BCUT2D eigenvalue weighted by molar-refractivity contribution is 7.92. The van der Waals surface area contributed by atoms with Crippen LogP contribution in [0.5, 0.6) is 0 Å². The van der Waals surface area contributed by atoms with Crippen molar-refractivity contribution in [1.29, 1.82) is 0 Å². The Morgan fingerprint density at radius 1 is 1.15 bits per heavy atom. The Kier molecular flexibility index (Phi) is 5.75. The molecule has 4 rings (SSSR count). The van der Waals surface area contributed by atoms with Gasteiger partial charge in [0, 0.05) is 31.7 Å². The van der Waals surface area contributed by atoms with E-state index in [1.165, 1.54) is 17.0 Å². The lowest BCUT2D eigenvalue weighted by Gasteiger charge is -2.39. The second-order valence-electron chi connectivity index (χ2n) is 8.00. The molecular weight excluding hydrogens is 386 g/mol. The first-order valence-corrected chi connectivity index (χ1v) is 11.3. The minimum absolute atomic E-state index is 0. The number of fused-ring (bicyclic) bond motifs is 1. The zero-order chi connectivity index (χ0) is 18.4. The molecule has 0 aliphatic carbocycles. The molecule has 1 aromatic carbocycles. The molecule has 0 unspecified atom stereocenters. The number of rotatable bonds is 2. The zero-order valence-electron chi connectivity index (χ0n) is 15.7. The minimum Gasteiger partial charge on any atom is -0.339 e. The van der Waals surface area contributed by atoms with Crippen LogP contribution in [0.25, 0.3) is 0 Å². The summed E-state index contributed by atoms with van der Waals surface area (Å²) in [5.41, 5.74) is 2.76. The average Bonchev–Trinajstić information content (AvgIpc) is 3.08. The molecule has 3 aliphatic heterocycles. The fourth-order valence-corrected chi connectivity index (χ4v) is 5.63. The molecule has 3 aliphatic rings. The molecule has 0 atom stereocenters. The summed E-state index contributed by atoms with van der Waals surface area (Å²) < 4.78 is 25.4. The van der Waals surface area contributed by atoms with Crippen LogP contribution in [0.4, 0.5) is 5.69 Å². The first-order valence-electron chi connectivity index (χ1n) is 9.49. The van der Waals surface area contributed by atoms with Gasteiger partial charge in [-0.1, -0.05) is 0 Å². The van der Waals surface area contributed by atoms with Gasteiger partial charge in [0.1, 0.15) is 0 Å². The van der Waals surface area contributed by atoms with Crippen LogP contribution in [0.2, 0.25) is 0 Å². The monoisotopic (exact) mass is 413 g/mol. The Morgan fingerprint density at radius 3 is 2.52 bits per heavy atom. The fraction of sp³-hybridized carbons (Fsp3) is 0.632. The lowest BCUT2D eigenvalue weighted by molar-refractivity contribution is 0.0607. The summed E-state index contributed by atoms with van der Waals surface area (Å²) in [6.07, 6.45) is 6.20. The van der Waals surface area contributed by atoms with Crippen LogP contribution in [-0.4, -0.2) is 58.2 Å². The van der Waals surface area contributed by atoms with E-state index in [1.807, 2.05) is 11.0 Å². The molecule has 0 bridgehead atoms. The molecule has 27 heavy (non-hydrogen) atoms. The van der Waals surface area contributed by atoms with Gasteiger partial charge >= 0.3 is 0 Å².